The molecule has 100 valence electrons. The molecule has 2 N–H and O–H groups in total. The van der Waals surface area contributed by atoms with Crippen molar-refractivity contribution in [1.82, 2.24) is 4.90 Å². The summed E-state index contributed by atoms with van der Waals surface area (Å²) < 4.78 is 19.3. The maximum absolute atomic E-state index is 13.7. The molecular weight excluding hydrogens is 231 g/mol. The molecule has 1 aromatic rings. The van der Waals surface area contributed by atoms with E-state index in [9.17, 15) is 4.39 Å². The van der Waals surface area contributed by atoms with Crippen LogP contribution in [0.3, 0.4) is 0 Å². The number of hydrogen-bond acceptors (Lipinski definition) is 3. The molecule has 1 atom stereocenters. The fourth-order valence-corrected chi connectivity index (χ4v) is 2.54. The van der Waals surface area contributed by atoms with Crippen LogP contribution in [-0.4, -0.2) is 30.7 Å². The summed E-state index contributed by atoms with van der Waals surface area (Å²) in [6.45, 7) is 4.56. The molecule has 4 heteroatoms. The van der Waals surface area contributed by atoms with Crippen molar-refractivity contribution < 1.29 is 9.13 Å². The predicted octanol–water partition coefficient (Wildman–Crippen LogP) is 2.41. The molecule has 0 radical (unpaired) electrons. The van der Waals surface area contributed by atoms with E-state index in [1.54, 1.807) is 19.2 Å². The first-order chi connectivity index (χ1) is 8.52. The Hall–Kier alpha value is -1.13. The maximum atomic E-state index is 13.7. The summed E-state index contributed by atoms with van der Waals surface area (Å²) >= 11 is 0. The van der Waals surface area contributed by atoms with E-state index in [0.717, 1.165) is 25.9 Å². The lowest BCUT2D eigenvalue weighted by molar-refractivity contribution is -0.0528. The van der Waals surface area contributed by atoms with Crippen molar-refractivity contribution in [3.63, 3.8) is 0 Å². The number of halogens is 1. The van der Waals surface area contributed by atoms with Crippen LogP contribution in [0.2, 0.25) is 0 Å². The number of nitrogens with two attached hydrogens (primary N) is 1. The van der Waals surface area contributed by atoms with E-state index in [1.807, 2.05) is 0 Å². The zero-order valence-corrected chi connectivity index (χ0v) is 11.1. The van der Waals surface area contributed by atoms with Gasteiger partial charge in [0.1, 0.15) is 5.82 Å². The molecule has 3 nitrogen and oxygen atoms in total. The Morgan fingerprint density at radius 1 is 1.50 bits per heavy atom. The van der Waals surface area contributed by atoms with Gasteiger partial charge < -0.3 is 10.5 Å². The molecular formula is C14H21FN2O. The van der Waals surface area contributed by atoms with Gasteiger partial charge in [-0.05, 0) is 38.4 Å². The van der Waals surface area contributed by atoms with Crippen LogP contribution in [0.25, 0.3) is 0 Å². The van der Waals surface area contributed by atoms with Crippen LogP contribution < -0.4 is 5.73 Å². The van der Waals surface area contributed by atoms with Crippen molar-refractivity contribution in [2.24, 2.45) is 0 Å². The van der Waals surface area contributed by atoms with E-state index in [4.69, 9.17) is 10.5 Å². The van der Waals surface area contributed by atoms with Gasteiger partial charge in [-0.3, -0.25) is 4.90 Å². The molecule has 1 aliphatic heterocycles. The van der Waals surface area contributed by atoms with Crippen molar-refractivity contribution in [1.29, 1.82) is 0 Å². The van der Waals surface area contributed by atoms with Gasteiger partial charge in [-0.1, -0.05) is 6.07 Å². The van der Waals surface area contributed by atoms with Gasteiger partial charge in [-0.25, -0.2) is 4.39 Å². The Kier molecular flexibility index (Phi) is 3.88. The van der Waals surface area contributed by atoms with Crippen LogP contribution in [0.5, 0.6) is 0 Å². The van der Waals surface area contributed by atoms with E-state index in [2.05, 4.69) is 11.8 Å². The van der Waals surface area contributed by atoms with Crippen LogP contribution in [0, 0.1) is 5.82 Å². The number of benzene rings is 1. The van der Waals surface area contributed by atoms with E-state index >= 15 is 0 Å². The number of methoxy groups -OCH3 is 1. The Morgan fingerprint density at radius 3 is 2.94 bits per heavy atom. The summed E-state index contributed by atoms with van der Waals surface area (Å²) in [5.41, 5.74) is 6.61. The Balaban J connectivity index is 2.05. The summed E-state index contributed by atoms with van der Waals surface area (Å²) in [6.07, 6.45) is 2.14. The lowest BCUT2D eigenvalue weighted by atomic mass is 9.94. The molecule has 0 aromatic heterocycles. The summed E-state index contributed by atoms with van der Waals surface area (Å²) in [6, 6.07) is 4.90. The average molecular weight is 252 g/mol. The molecule has 0 saturated carbocycles. The topological polar surface area (TPSA) is 38.5 Å². The van der Waals surface area contributed by atoms with Gasteiger partial charge in [-0.2, -0.15) is 0 Å². The molecule has 1 saturated heterocycles. The molecule has 1 unspecified atom stereocenters. The number of nitrogens with zero attached hydrogens (tertiary/aromatic N) is 1. The number of nitrogen functional groups attached to an aromatic ring is 1. The first kappa shape index (κ1) is 13.3. The number of anilines is 1. The lowest BCUT2D eigenvalue weighted by Gasteiger charge is -2.39. The Labute approximate surface area is 108 Å². The average Bonchev–Trinajstić information content (AvgIpc) is 2.33. The predicted molar refractivity (Wildman–Crippen MR) is 70.7 cm³/mol. The number of ether oxygens (including phenoxy) is 1. The van der Waals surface area contributed by atoms with Gasteiger partial charge in [0.2, 0.25) is 0 Å². The quantitative estimate of drug-likeness (QED) is 0.840. The van der Waals surface area contributed by atoms with Gasteiger partial charge in [0, 0.05) is 31.5 Å². The normalized spacial score (nSPS) is 25.3. The third-order valence-electron chi connectivity index (χ3n) is 3.70. The van der Waals surface area contributed by atoms with Crippen LogP contribution >= 0.6 is 0 Å². The van der Waals surface area contributed by atoms with Crippen LogP contribution in [0.4, 0.5) is 10.1 Å². The van der Waals surface area contributed by atoms with Crippen molar-refractivity contribution in [3.8, 4) is 0 Å². The Bertz CT molecular complexity index is 424. The SMILES string of the molecule is COC1(C)CCCN(Cc2ccc(N)cc2F)C1. The van der Waals surface area contributed by atoms with Gasteiger partial charge in [0.25, 0.3) is 0 Å². The smallest absolute Gasteiger partial charge is 0.129 e. The molecule has 0 amide bonds. The summed E-state index contributed by atoms with van der Waals surface area (Å²) in [5.74, 6) is -0.223. The summed E-state index contributed by atoms with van der Waals surface area (Å²) in [4.78, 5) is 2.24. The van der Waals surface area contributed by atoms with Crippen LogP contribution in [0.15, 0.2) is 18.2 Å². The summed E-state index contributed by atoms with van der Waals surface area (Å²) in [5, 5.41) is 0. The van der Waals surface area contributed by atoms with Gasteiger partial charge >= 0.3 is 0 Å². The molecule has 18 heavy (non-hydrogen) atoms. The number of rotatable bonds is 3. The van der Waals surface area contributed by atoms with E-state index < -0.39 is 0 Å². The van der Waals surface area contributed by atoms with Gasteiger partial charge in [0.05, 0.1) is 5.60 Å². The highest BCUT2D eigenvalue weighted by Crippen LogP contribution is 2.25. The van der Waals surface area contributed by atoms with Crippen LogP contribution in [-0.2, 0) is 11.3 Å². The molecule has 1 aromatic carbocycles. The first-order valence-corrected chi connectivity index (χ1v) is 6.34. The van der Waals surface area contributed by atoms with Gasteiger partial charge in [0.15, 0.2) is 0 Å². The van der Waals surface area contributed by atoms with E-state index in [0.29, 0.717) is 17.8 Å². The third-order valence-corrected chi connectivity index (χ3v) is 3.70. The van der Waals surface area contributed by atoms with Crippen molar-refractivity contribution in [2.45, 2.75) is 31.9 Å². The maximum Gasteiger partial charge on any atom is 0.129 e. The minimum Gasteiger partial charge on any atom is -0.399 e. The molecule has 0 aliphatic carbocycles. The highest BCUT2D eigenvalue weighted by atomic mass is 19.1. The third kappa shape index (κ3) is 3.00. The second-order valence-electron chi connectivity index (χ2n) is 5.32. The molecule has 2 rings (SSSR count). The van der Waals surface area contributed by atoms with E-state index in [1.165, 1.54) is 6.07 Å². The molecule has 1 heterocycles. The zero-order valence-electron chi connectivity index (χ0n) is 11.1. The minimum atomic E-state index is -0.223. The zero-order chi connectivity index (χ0) is 13.2. The number of piperidine rings is 1. The highest BCUT2D eigenvalue weighted by molar-refractivity contribution is 5.40. The fraction of sp³-hybridized carbons (Fsp3) is 0.571. The lowest BCUT2D eigenvalue weighted by Crippen LogP contribution is -2.46. The highest BCUT2D eigenvalue weighted by Gasteiger charge is 2.30. The molecule has 0 bridgehead atoms. The number of hydrogen-bond donors (Lipinski definition) is 1. The summed E-state index contributed by atoms with van der Waals surface area (Å²) in [7, 11) is 1.74. The van der Waals surface area contributed by atoms with Gasteiger partial charge in [-0.15, -0.1) is 0 Å². The largest absolute Gasteiger partial charge is 0.399 e. The van der Waals surface area contributed by atoms with Crippen molar-refractivity contribution >= 4 is 5.69 Å². The number of likely N-dealkylation sites (tertiary alicyclic amines) is 1. The fourth-order valence-electron chi connectivity index (χ4n) is 2.54. The second-order valence-corrected chi connectivity index (χ2v) is 5.32. The van der Waals surface area contributed by atoms with Crippen LogP contribution in [0.1, 0.15) is 25.3 Å². The van der Waals surface area contributed by atoms with E-state index in [-0.39, 0.29) is 11.4 Å². The molecule has 0 spiro atoms. The van der Waals surface area contributed by atoms with Crippen molar-refractivity contribution in [2.75, 3.05) is 25.9 Å². The molecule has 1 fully saturated rings. The first-order valence-electron chi connectivity index (χ1n) is 6.34. The van der Waals surface area contributed by atoms with Crippen molar-refractivity contribution in [3.05, 3.63) is 29.6 Å². The second kappa shape index (κ2) is 5.24. The standard InChI is InChI=1S/C14H21FN2O/c1-14(18-2)6-3-7-17(10-14)9-11-4-5-12(16)8-13(11)15/h4-5,8H,3,6-7,9-10,16H2,1-2H3. The minimum absolute atomic E-state index is 0.109. The monoisotopic (exact) mass is 252 g/mol. The molecule has 1 aliphatic rings. The Morgan fingerprint density at radius 2 is 2.28 bits per heavy atom.